The summed E-state index contributed by atoms with van der Waals surface area (Å²) in [6, 6.07) is 22.3. The van der Waals surface area contributed by atoms with E-state index in [0.29, 0.717) is 6.42 Å². The molecule has 0 saturated heterocycles. The molecule has 0 amide bonds. The van der Waals surface area contributed by atoms with Crippen molar-refractivity contribution in [2.24, 2.45) is 0 Å². The number of benzene rings is 3. The van der Waals surface area contributed by atoms with Gasteiger partial charge in [-0.15, -0.1) is 0 Å². The molecule has 0 spiro atoms. The molecule has 0 fully saturated rings. The van der Waals surface area contributed by atoms with Gasteiger partial charge in [0.05, 0.1) is 19.6 Å². The molecule has 1 radical (unpaired) electrons. The zero-order chi connectivity index (χ0) is 30.5. The SMILES string of the molecule is O=S(=O)(O)C1=CCCC=C1.O=S(=O)(O)c1ccccc1.O=S(=O)(O)c1ccccc1.O=S(=O)(O)c1ccccc1.[Co].[H-].[H-].[H-].[H-].[Na+].[Na+].[Na+].[Na+]. The van der Waals surface area contributed by atoms with Gasteiger partial charge in [0.2, 0.25) is 0 Å². The van der Waals surface area contributed by atoms with Crippen LogP contribution < -0.4 is 118 Å². The second-order valence-corrected chi connectivity index (χ2v) is 13.1. The Morgan fingerprint density at radius 3 is 0.844 bits per heavy atom. The van der Waals surface area contributed by atoms with E-state index in [9.17, 15) is 33.7 Å². The third-order valence-electron chi connectivity index (χ3n) is 4.38. The number of allylic oxidation sites excluding steroid dienone is 3. The molecular weight excluding hydrogens is 759 g/mol. The third-order valence-corrected chi connectivity index (χ3v) is 7.88. The molecule has 0 bridgehead atoms. The van der Waals surface area contributed by atoms with Crippen LogP contribution in [0.2, 0.25) is 0 Å². The maximum Gasteiger partial charge on any atom is 1.00 e. The smallest absolute Gasteiger partial charge is 1.00 e. The average Bonchev–Trinajstić information content (AvgIpc) is 2.90. The molecule has 0 heterocycles. The molecule has 235 valence electrons. The monoisotopic (exact) mass is 789 g/mol. The van der Waals surface area contributed by atoms with Crippen LogP contribution in [-0.4, -0.2) is 51.9 Å². The topological polar surface area (TPSA) is 217 Å². The van der Waals surface area contributed by atoms with Gasteiger partial charge in [-0.1, -0.05) is 66.7 Å². The van der Waals surface area contributed by atoms with E-state index in [-0.39, 0.29) is 160 Å². The largest absolute Gasteiger partial charge is 1.00 e. The fourth-order valence-electron chi connectivity index (χ4n) is 2.56. The van der Waals surface area contributed by atoms with E-state index in [1.807, 2.05) is 0 Å². The molecule has 21 heteroatoms. The number of rotatable bonds is 4. The van der Waals surface area contributed by atoms with Gasteiger partial charge in [-0.3, -0.25) is 18.2 Å². The fraction of sp³-hybridized carbons (Fsp3) is 0.0833. The van der Waals surface area contributed by atoms with Gasteiger partial charge in [0.25, 0.3) is 40.5 Å². The van der Waals surface area contributed by atoms with Gasteiger partial charge < -0.3 is 5.71 Å². The van der Waals surface area contributed by atoms with Gasteiger partial charge in [-0.25, -0.2) is 0 Å². The molecule has 0 unspecified atom stereocenters. The van der Waals surface area contributed by atoms with Crippen LogP contribution in [0.4, 0.5) is 0 Å². The summed E-state index contributed by atoms with van der Waals surface area (Å²) in [6.45, 7) is 0. The molecule has 0 saturated carbocycles. The zero-order valence-corrected chi connectivity index (χ0v) is 37.1. The summed E-state index contributed by atoms with van der Waals surface area (Å²) in [5.41, 5.74) is 0. The van der Waals surface area contributed by atoms with Crippen molar-refractivity contribution in [3.05, 3.63) is 114 Å². The molecule has 12 nitrogen and oxygen atoms in total. The van der Waals surface area contributed by atoms with Crippen LogP contribution in [0, 0.1) is 0 Å². The van der Waals surface area contributed by atoms with E-state index < -0.39 is 40.5 Å². The second kappa shape index (κ2) is 27.1. The Kier molecular flexibility index (Phi) is 33.5. The standard InChI is InChI=1S/C6H8O3S.3C6H6O3S.Co.4Na.4H/c4*7-10(8,9)6-4-2-1-3-5-6;;;;;;;;;/h2,4-5H,1,3H2,(H,7,8,9);3*1-5H,(H,7,8,9);;;;;;;;;/q;;;;;4*+1;4*-1. The molecule has 0 aromatic heterocycles. The normalized spacial score (nSPS) is 11.7. The minimum Gasteiger partial charge on any atom is -1.00 e. The van der Waals surface area contributed by atoms with Gasteiger partial charge in [0.15, 0.2) is 0 Å². The third kappa shape index (κ3) is 25.9. The summed E-state index contributed by atoms with van der Waals surface area (Å²) >= 11 is 0. The molecule has 1 aliphatic carbocycles. The predicted molar refractivity (Wildman–Crippen MR) is 151 cm³/mol. The molecule has 0 aliphatic heterocycles. The summed E-state index contributed by atoms with van der Waals surface area (Å²) in [7, 11) is -16.0. The molecule has 0 atom stereocenters. The van der Waals surface area contributed by atoms with Crippen molar-refractivity contribution in [2.75, 3.05) is 0 Å². The van der Waals surface area contributed by atoms with Crippen molar-refractivity contribution >= 4 is 40.5 Å². The van der Waals surface area contributed by atoms with Gasteiger partial charge in [-0.2, -0.15) is 33.7 Å². The predicted octanol–water partition coefficient (Wildman–Crippen LogP) is -7.63. The Bertz CT molecular complexity index is 1580. The Hall–Kier alpha value is 1.29. The van der Waals surface area contributed by atoms with Crippen LogP contribution in [0.25, 0.3) is 0 Å². The Balaban J connectivity index is -0.0000000586. The maximum absolute atomic E-state index is 10.4. The van der Waals surface area contributed by atoms with Crippen LogP contribution in [0.3, 0.4) is 0 Å². The van der Waals surface area contributed by atoms with E-state index in [1.54, 1.807) is 60.7 Å². The summed E-state index contributed by atoms with van der Waals surface area (Å²) < 4.78 is 117. The van der Waals surface area contributed by atoms with Crippen LogP contribution in [0.15, 0.2) is 129 Å². The van der Waals surface area contributed by atoms with Crippen molar-refractivity contribution in [3.63, 3.8) is 0 Å². The van der Waals surface area contributed by atoms with E-state index in [1.165, 1.54) is 48.6 Å². The van der Waals surface area contributed by atoms with Crippen LogP contribution >= 0.6 is 0 Å². The van der Waals surface area contributed by atoms with Gasteiger partial charge in [0.1, 0.15) is 0 Å². The molecule has 3 aromatic rings. The summed E-state index contributed by atoms with van der Waals surface area (Å²) in [6.07, 6.45) is 6.18. The first-order chi connectivity index (χ1) is 18.4. The minimum atomic E-state index is -4.00. The second-order valence-electron chi connectivity index (χ2n) is 7.43. The van der Waals surface area contributed by atoms with E-state index >= 15 is 0 Å². The number of hydrogen-bond donors (Lipinski definition) is 4. The van der Waals surface area contributed by atoms with Crippen molar-refractivity contribution in [1.82, 2.24) is 0 Å². The molecule has 1 aliphatic rings. The van der Waals surface area contributed by atoms with E-state index in [0.717, 1.165) is 6.42 Å². The van der Waals surface area contributed by atoms with Crippen molar-refractivity contribution in [2.45, 2.75) is 27.5 Å². The summed E-state index contributed by atoms with van der Waals surface area (Å²) in [5.74, 6) is 0. The molecule has 3 aromatic carbocycles. The zero-order valence-electron chi connectivity index (χ0n) is 28.8. The van der Waals surface area contributed by atoms with Gasteiger partial charge in [-0.05, 0) is 55.3 Å². The first-order valence-electron chi connectivity index (χ1n) is 10.8. The van der Waals surface area contributed by atoms with Crippen LogP contribution in [-0.2, 0) is 57.3 Å². The van der Waals surface area contributed by atoms with E-state index in [2.05, 4.69) is 0 Å². The van der Waals surface area contributed by atoms with Crippen molar-refractivity contribution in [1.29, 1.82) is 0 Å². The van der Waals surface area contributed by atoms with Gasteiger partial charge in [0, 0.05) is 16.8 Å². The Morgan fingerprint density at radius 2 is 0.711 bits per heavy atom. The van der Waals surface area contributed by atoms with Crippen LogP contribution in [0.5, 0.6) is 0 Å². The first-order valence-corrected chi connectivity index (χ1v) is 16.6. The Morgan fingerprint density at radius 1 is 0.444 bits per heavy atom. The molecule has 45 heavy (non-hydrogen) atoms. The first kappa shape index (κ1) is 55.7. The molecular formula is C24H30CoNa4O12S4. The quantitative estimate of drug-likeness (QED) is 0.143. The van der Waals surface area contributed by atoms with Crippen LogP contribution in [0.1, 0.15) is 18.5 Å². The molecule has 4 N–H and O–H groups in total. The fourth-order valence-corrected chi connectivity index (χ4v) is 4.66. The number of hydrogen-bond acceptors (Lipinski definition) is 8. The van der Waals surface area contributed by atoms with Crippen molar-refractivity contribution < 1.29 is 193 Å². The summed E-state index contributed by atoms with van der Waals surface area (Å²) in [5, 5.41) is 0. The van der Waals surface area contributed by atoms with E-state index in [4.69, 9.17) is 18.2 Å². The Labute approximate surface area is 369 Å². The van der Waals surface area contributed by atoms with Gasteiger partial charge >= 0.3 is 118 Å². The van der Waals surface area contributed by atoms with Crippen molar-refractivity contribution in [3.8, 4) is 0 Å². The minimum absolute atomic E-state index is 0. The molecule has 4 rings (SSSR count). The average molecular weight is 790 g/mol. The maximum atomic E-state index is 10.4. The summed E-state index contributed by atoms with van der Waals surface area (Å²) in [4.78, 5) is -0.209.